The topological polar surface area (TPSA) is 147 Å². The van der Waals surface area contributed by atoms with Gasteiger partial charge in [-0.1, -0.05) is 0 Å². The number of imidazole rings is 1. The minimum Gasteiger partial charge on any atom is -0.378 e. The molecule has 1 aliphatic heterocycles. The number of nitrogens with zero attached hydrogens (tertiary/aromatic N) is 8. The third-order valence-corrected chi connectivity index (χ3v) is 4.14. The molecule has 0 radical (unpaired) electrons. The fourth-order valence-electron chi connectivity index (χ4n) is 2.78. The van der Waals surface area contributed by atoms with Crippen molar-refractivity contribution in [2.45, 2.75) is 6.42 Å². The van der Waals surface area contributed by atoms with Gasteiger partial charge in [-0.15, -0.1) is 0 Å². The lowest BCUT2D eigenvalue weighted by Crippen LogP contribution is -2.37. The van der Waals surface area contributed by atoms with Crippen LogP contribution < -0.4 is 16.4 Å². The Bertz CT molecular complexity index is 904. The van der Waals surface area contributed by atoms with Crippen LogP contribution in [0, 0.1) is 0 Å². The molecule has 11 nitrogen and oxygen atoms in total. The van der Waals surface area contributed by atoms with Gasteiger partial charge in [-0.2, -0.15) is 15.0 Å². The van der Waals surface area contributed by atoms with Crippen molar-refractivity contribution in [3.05, 3.63) is 30.6 Å². The van der Waals surface area contributed by atoms with Crippen molar-refractivity contribution in [3.8, 4) is 17.3 Å². The number of ether oxygens (including phenoxy) is 1. The van der Waals surface area contributed by atoms with E-state index in [4.69, 9.17) is 16.2 Å². The van der Waals surface area contributed by atoms with Gasteiger partial charge in [0.05, 0.1) is 18.8 Å². The summed E-state index contributed by atoms with van der Waals surface area (Å²) in [6, 6.07) is 0. The Morgan fingerprint density at radius 2 is 1.74 bits per heavy atom. The molecule has 0 spiro atoms. The molecular weight excluding hydrogens is 348 g/mol. The van der Waals surface area contributed by atoms with E-state index in [2.05, 4.69) is 34.8 Å². The molecule has 1 fully saturated rings. The first-order valence-corrected chi connectivity index (χ1v) is 8.64. The minimum absolute atomic E-state index is 0.196. The van der Waals surface area contributed by atoms with Crippen LogP contribution in [-0.4, -0.2) is 67.3 Å². The summed E-state index contributed by atoms with van der Waals surface area (Å²) in [5.41, 5.74) is 11.9. The van der Waals surface area contributed by atoms with Crippen molar-refractivity contribution in [2.75, 3.05) is 43.5 Å². The number of hydrogen-bond donors (Lipinski definition) is 2. The van der Waals surface area contributed by atoms with Crippen molar-refractivity contribution in [1.82, 2.24) is 34.5 Å². The molecule has 1 saturated heterocycles. The largest absolute Gasteiger partial charge is 0.378 e. The maximum atomic E-state index is 5.69. The van der Waals surface area contributed by atoms with Crippen molar-refractivity contribution >= 4 is 11.9 Å². The van der Waals surface area contributed by atoms with E-state index in [0.29, 0.717) is 62.6 Å². The lowest BCUT2D eigenvalue weighted by Gasteiger charge is -2.27. The Labute approximate surface area is 155 Å². The number of hydrogen-bond acceptors (Lipinski definition) is 10. The number of morpholine rings is 1. The molecule has 1 aliphatic rings. The second kappa shape index (κ2) is 7.60. The van der Waals surface area contributed by atoms with Gasteiger partial charge in [0.25, 0.3) is 0 Å². The summed E-state index contributed by atoms with van der Waals surface area (Å²) in [5.74, 6) is 2.49. The zero-order valence-corrected chi connectivity index (χ0v) is 14.7. The number of rotatable bonds is 5. The summed E-state index contributed by atoms with van der Waals surface area (Å²) < 4.78 is 7.25. The van der Waals surface area contributed by atoms with E-state index in [1.807, 2.05) is 10.8 Å². The van der Waals surface area contributed by atoms with Crippen LogP contribution >= 0.6 is 0 Å². The predicted molar refractivity (Wildman–Crippen MR) is 98.2 cm³/mol. The van der Waals surface area contributed by atoms with Gasteiger partial charge in [0.15, 0.2) is 5.82 Å². The molecule has 27 heavy (non-hydrogen) atoms. The van der Waals surface area contributed by atoms with Gasteiger partial charge in [0.1, 0.15) is 5.82 Å². The highest BCUT2D eigenvalue weighted by Gasteiger charge is 2.19. The average Bonchev–Trinajstić information content (AvgIpc) is 3.17. The molecule has 11 heteroatoms. The van der Waals surface area contributed by atoms with Crippen molar-refractivity contribution in [3.63, 3.8) is 0 Å². The molecule has 0 saturated carbocycles. The predicted octanol–water partition coefficient (Wildman–Crippen LogP) is -0.566. The van der Waals surface area contributed by atoms with Gasteiger partial charge in [-0.05, 0) is 6.54 Å². The molecule has 0 aromatic carbocycles. The van der Waals surface area contributed by atoms with Crippen LogP contribution in [0.4, 0.5) is 11.9 Å². The number of nitrogens with two attached hydrogens (primary N) is 2. The standard InChI is InChI=1S/C16H20N10O/c17-2-1-12-19-3-4-26(12)16-23-13(11-9-20-14(18)21-10-11)22-15(24-16)25-5-7-27-8-6-25/h3-4,9-10H,1-2,5-8,17H2,(H2,18,20,21). The van der Waals surface area contributed by atoms with Gasteiger partial charge in [-0.3, -0.25) is 4.57 Å². The van der Waals surface area contributed by atoms with Crippen LogP contribution in [0.1, 0.15) is 5.82 Å². The van der Waals surface area contributed by atoms with E-state index in [0.717, 1.165) is 5.82 Å². The molecule has 3 aromatic rings. The van der Waals surface area contributed by atoms with E-state index >= 15 is 0 Å². The average molecular weight is 368 g/mol. The third-order valence-electron chi connectivity index (χ3n) is 4.14. The Hall–Kier alpha value is -3.18. The van der Waals surface area contributed by atoms with E-state index < -0.39 is 0 Å². The smallest absolute Gasteiger partial charge is 0.240 e. The first-order valence-electron chi connectivity index (χ1n) is 8.64. The lowest BCUT2D eigenvalue weighted by molar-refractivity contribution is 0.122. The SMILES string of the molecule is NCCc1nccn1-c1nc(-c2cnc(N)nc2)nc(N2CCOCC2)n1. The maximum Gasteiger partial charge on any atom is 0.240 e. The van der Waals surface area contributed by atoms with Gasteiger partial charge in [-0.25, -0.2) is 15.0 Å². The molecule has 0 unspecified atom stereocenters. The van der Waals surface area contributed by atoms with Crippen LogP contribution in [0.2, 0.25) is 0 Å². The molecular formula is C16H20N10O. The number of aromatic nitrogens is 7. The summed E-state index contributed by atoms with van der Waals surface area (Å²) in [5, 5.41) is 0. The van der Waals surface area contributed by atoms with Crippen molar-refractivity contribution in [2.24, 2.45) is 5.73 Å². The van der Waals surface area contributed by atoms with Crippen LogP contribution in [0.25, 0.3) is 17.3 Å². The Kier molecular flexibility index (Phi) is 4.85. The molecule has 0 atom stereocenters. The summed E-state index contributed by atoms with van der Waals surface area (Å²) in [6.45, 7) is 3.16. The molecule has 140 valence electrons. The molecule has 0 aliphatic carbocycles. The molecule has 4 heterocycles. The summed E-state index contributed by atoms with van der Waals surface area (Å²) in [4.78, 5) is 28.3. The van der Waals surface area contributed by atoms with Gasteiger partial charge < -0.3 is 21.1 Å². The van der Waals surface area contributed by atoms with Gasteiger partial charge >= 0.3 is 0 Å². The second-order valence-electron chi connectivity index (χ2n) is 5.94. The third kappa shape index (κ3) is 3.68. The minimum atomic E-state index is 0.196. The van der Waals surface area contributed by atoms with Crippen LogP contribution in [0.5, 0.6) is 0 Å². The highest BCUT2D eigenvalue weighted by Crippen LogP contribution is 2.20. The van der Waals surface area contributed by atoms with Crippen molar-refractivity contribution < 1.29 is 4.74 Å². The first kappa shape index (κ1) is 17.2. The van der Waals surface area contributed by atoms with E-state index in [1.165, 1.54) is 0 Å². The maximum absolute atomic E-state index is 5.69. The Balaban J connectivity index is 1.80. The van der Waals surface area contributed by atoms with Crippen LogP contribution in [-0.2, 0) is 11.2 Å². The fourth-order valence-corrected chi connectivity index (χ4v) is 2.78. The Morgan fingerprint density at radius 3 is 2.48 bits per heavy atom. The monoisotopic (exact) mass is 368 g/mol. The van der Waals surface area contributed by atoms with E-state index in [-0.39, 0.29) is 5.95 Å². The highest BCUT2D eigenvalue weighted by atomic mass is 16.5. The summed E-state index contributed by atoms with van der Waals surface area (Å²) in [6.07, 6.45) is 7.33. The van der Waals surface area contributed by atoms with Gasteiger partial charge in [0.2, 0.25) is 17.8 Å². The van der Waals surface area contributed by atoms with Gasteiger partial charge in [0, 0.05) is 44.3 Å². The number of anilines is 2. The summed E-state index contributed by atoms with van der Waals surface area (Å²) in [7, 11) is 0. The second-order valence-corrected chi connectivity index (χ2v) is 5.94. The van der Waals surface area contributed by atoms with E-state index in [9.17, 15) is 0 Å². The lowest BCUT2D eigenvalue weighted by atomic mass is 10.3. The molecule has 3 aromatic heterocycles. The number of nitrogen functional groups attached to an aromatic ring is 1. The Morgan fingerprint density at radius 1 is 1.00 bits per heavy atom. The van der Waals surface area contributed by atoms with Crippen molar-refractivity contribution in [1.29, 1.82) is 0 Å². The quantitative estimate of drug-likeness (QED) is 0.600. The van der Waals surface area contributed by atoms with E-state index in [1.54, 1.807) is 18.6 Å². The zero-order valence-electron chi connectivity index (χ0n) is 14.7. The molecule has 0 bridgehead atoms. The van der Waals surface area contributed by atoms with Crippen LogP contribution in [0.15, 0.2) is 24.8 Å². The molecule has 4 N–H and O–H groups in total. The molecule has 0 amide bonds. The van der Waals surface area contributed by atoms with Crippen LogP contribution in [0.3, 0.4) is 0 Å². The fraction of sp³-hybridized carbons (Fsp3) is 0.375. The first-order chi connectivity index (χ1) is 13.2. The highest BCUT2D eigenvalue weighted by molar-refractivity contribution is 5.55. The summed E-state index contributed by atoms with van der Waals surface area (Å²) >= 11 is 0. The normalized spacial score (nSPS) is 14.5. The molecule has 4 rings (SSSR count). The zero-order chi connectivity index (χ0) is 18.6.